The zero-order chi connectivity index (χ0) is 25.1. The summed E-state index contributed by atoms with van der Waals surface area (Å²) in [6.07, 6.45) is 4.82. The summed E-state index contributed by atoms with van der Waals surface area (Å²) in [6.45, 7) is 5.66. The van der Waals surface area contributed by atoms with Gasteiger partial charge >= 0.3 is 5.69 Å². The Hall–Kier alpha value is -3.56. The van der Waals surface area contributed by atoms with E-state index in [-0.39, 0.29) is 12.5 Å². The second-order valence-corrected chi connectivity index (χ2v) is 8.83. The summed E-state index contributed by atoms with van der Waals surface area (Å²) in [6, 6.07) is 3.82. The Kier molecular flexibility index (Phi) is 7.28. The van der Waals surface area contributed by atoms with Crippen molar-refractivity contribution in [1.29, 1.82) is 0 Å². The van der Waals surface area contributed by atoms with Crippen LogP contribution < -0.4 is 20.7 Å². The molecule has 188 valence electrons. The third-order valence-corrected chi connectivity index (χ3v) is 6.55. The molecule has 0 saturated heterocycles. The number of fused-ring (bicyclic) bond motifs is 2. The molecule has 1 amide bonds. The van der Waals surface area contributed by atoms with Crippen molar-refractivity contribution in [3.8, 4) is 11.5 Å². The van der Waals surface area contributed by atoms with Crippen molar-refractivity contribution in [3.05, 3.63) is 50.4 Å². The number of aromatic nitrogens is 4. The van der Waals surface area contributed by atoms with Gasteiger partial charge in [-0.3, -0.25) is 14.2 Å². The normalized spacial score (nSPS) is 13.2. The molecule has 1 aliphatic heterocycles. The molecule has 2 aromatic heterocycles. The number of nitrogens with zero attached hydrogens (tertiary/aromatic N) is 5. The number of methoxy groups -OCH3 is 2. The summed E-state index contributed by atoms with van der Waals surface area (Å²) in [5.74, 6) is 0.985. The highest BCUT2D eigenvalue weighted by Crippen LogP contribution is 2.33. The van der Waals surface area contributed by atoms with Gasteiger partial charge in [0.2, 0.25) is 5.91 Å². The Morgan fingerprint density at radius 2 is 1.71 bits per heavy atom. The molecule has 0 spiro atoms. The zero-order valence-corrected chi connectivity index (χ0v) is 20.9. The molecular weight excluding hydrogens is 450 g/mol. The molecule has 0 bridgehead atoms. The molecule has 3 heterocycles. The van der Waals surface area contributed by atoms with Crippen molar-refractivity contribution in [3.63, 3.8) is 0 Å². The number of rotatable bonds is 9. The van der Waals surface area contributed by atoms with E-state index in [1.54, 1.807) is 30.0 Å². The predicted octanol–water partition coefficient (Wildman–Crippen LogP) is 2.17. The monoisotopic (exact) mass is 483 g/mol. The van der Waals surface area contributed by atoms with E-state index in [0.717, 1.165) is 28.5 Å². The fourth-order valence-corrected chi connectivity index (χ4v) is 4.63. The van der Waals surface area contributed by atoms with Crippen LogP contribution in [-0.4, -0.2) is 50.3 Å². The van der Waals surface area contributed by atoms with E-state index in [9.17, 15) is 14.4 Å². The topological polar surface area (TPSA) is 101 Å². The summed E-state index contributed by atoms with van der Waals surface area (Å²) >= 11 is 0. The maximum Gasteiger partial charge on any atom is 0.333 e. The van der Waals surface area contributed by atoms with Crippen molar-refractivity contribution >= 4 is 17.1 Å². The van der Waals surface area contributed by atoms with E-state index in [1.165, 1.54) is 4.57 Å². The smallest absolute Gasteiger partial charge is 0.333 e. The van der Waals surface area contributed by atoms with E-state index in [2.05, 4.69) is 11.9 Å². The van der Waals surface area contributed by atoms with E-state index >= 15 is 0 Å². The molecule has 10 heteroatoms. The van der Waals surface area contributed by atoms with Crippen LogP contribution >= 0.6 is 0 Å². The molecule has 35 heavy (non-hydrogen) atoms. The lowest BCUT2D eigenvalue weighted by Crippen LogP contribution is -2.46. The van der Waals surface area contributed by atoms with Crippen molar-refractivity contribution in [2.75, 3.05) is 20.8 Å². The second-order valence-electron chi connectivity index (χ2n) is 8.83. The van der Waals surface area contributed by atoms with Gasteiger partial charge < -0.3 is 18.9 Å². The van der Waals surface area contributed by atoms with Crippen molar-refractivity contribution in [2.45, 2.75) is 65.7 Å². The molecule has 3 aromatic rings. The molecule has 0 atom stereocenters. The number of hydrogen-bond acceptors (Lipinski definition) is 6. The van der Waals surface area contributed by atoms with Crippen LogP contribution in [0.15, 0.2) is 28.0 Å². The largest absolute Gasteiger partial charge is 0.493 e. The van der Waals surface area contributed by atoms with Gasteiger partial charge in [0.25, 0.3) is 5.56 Å². The lowest BCUT2D eigenvalue weighted by atomic mass is 9.98. The predicted molar refractivity (Wildman–Crippen MR) is 132 cm³/mol. The quantitative estimate of drug-likeness (QED) is 0.462. The standard InChI is InChI=1S/C25H33N5O5/c1-5-7-10-28-16-26-23-22(28)24(32)30(25(33)29(23)9-6-2)15-21(31)27-11-8-17-12-19(34-3)20(35-4)13-18(17)14-27/h12-13,16H,5-11,14-15H2,1-4H3. The van der Waals surface area contributed by atoms with Crippen LogP contribution in [-0.2, 0) is 37.4 Å². The number of carbonyl (C=O) groups is 1. The first-order chi connectivity index (χ1) is 16.9. The van der Waals surface area contributed by atoms with Gasteiger partial charge in [-0.1, -0.05) is 20.3 Å². The number of ether oxygens (including phenoxy) is 2. The number of hydrogen-bond donors (Lipinski definition) is 0. The lowest BCUT2D eigenvalue weighted by molar-refractivity contribution is -0.132. The van der Waals surface area contributed by atoms with Crippen molar-refractivity contribution < 1.29 is 14.3 Å². The number of amides is 1. The van der Waals surface area contributed by atoms with Gasteiger partial charge in [0.1, 0.15) is 6.54 Å². The summed E-state index contributed by atoms with van der Waals surface area (Å²) in [5, 5.41) is 0. The Balaban J connectivity index is 1.67. The highest BCUT2D eigenvalue weighted by molar-refractivity contribution is 5.77. The first-order valence-electron chi connectivity index (χ1n) is 12.1. The number of carbonyl (C=O) groups excluding carboxylic acids is 1. The van der Waals surface area contributed by atoms with Crippen LogP contribution in [0.25, 0.3) is 11.2 Å². The Morgan fingerprint density at radius 1 is 1.00 bits per heavy atom. The van der Waals surface area contributed by atoms with E-state index in [1.807, 2.05) is 19.1 Å². The summed E-state index contributed by atoms with van der Waals surface area (Å²) in [7, 11) is 3.17. The highest BCUT2D eigenvalue weighted by Gasteiger charge is 2.25. The number of aryl methyl sites for hydroxylation is 2. The zero-order valence-electron chi connectivity index (χ0n) is 20.9. The minimum Gasteiger partial charge on any atom is -0.493 e. The van der Waals surface area contributed by atoms with Gasteiger partial charge in [-0.2, -0.15) is 0 Å². The average Bonchev–Trinajstić information content (AvgIpc) is 3.30. The first-order valence-corrected chi connectivity index (χ1v) is 12.1. The molecule has 1 aliphatic rings. The summed E-state index contributed by atoms with van der Waals surface area (Å²) < 4.78 is 15.2. The van der Waals surface area contributed by atoms with Crippen LogP contribution in [0.5, 0.6) is 11.5 Å². The van der Waals surface area contributed by atoms with Gasteiger partial charge in [-0.25, -0.2) is 14.3 Å². The van der Waals surface area contributed by atoms with Gasteiger partial charge in [-0.05, 0) is 42.5 Å². The van der Waals surface area contributed by atoms with Gasteiger partial charge in [0.15, 0.2) is 22.7 Å². The Labute approximate surface area is 203 Å². The third kappa shape index (κ3) is 4.56. The molecule has 0 N–H and O–H groups in total. The molecular formula is C25H33N5O5. The third-order valence-electron chi connectivity index (χ3n) is 6.55. The minimum atomic E-state index is -0.498. The fraction of sp³-hybridized carbons (Fsp3) is 0.520. The molecule has 0 fully saturated rings. The Bertz CT molecular complexity index is 1350. The average molecular weight is 484 g/mol. The van der Waals surface area contributed by atoms with Crippen molar-refractivity contribution in [2.24, 2.45) is 0 Å². The van der Waals surface area contributed by atoms with E-state index in [0.29, 0.717) is 61.7 Å². The molecule has 4 rings (SSSR count). The minimum absolute atomic E-state index is 0.272. The molecule has 1 aromatic carbocycles. The second kappa shape index (κ2) is 10.4. The molecule has 0 aliphatic carbocycles. The maximum atomic E-state index is 13.4. The number of benzene rings is 1. The van der Waals surface area contributed by atoms with Crippen molar-refractivity contribution in [1.82, 2.24) is 23.6 Å². The number of imidazole rings is 1. The van der Waals surface area contributed by atoms with Crippen LogP contribution in [0, 0.1) is 0 Å². The van der Waals surface area contributed by atoms with Crippen LogP contribution in [0.4, 0.5) is 0 Å². The van der Waals surface area contributed by atoms with Crippen LogP contribution in [0.3, 0.4) is 0 Å². The lowest BCUT2D eigenvalue weighted by Gasteiger charge is -2.30. The fourth-order valence-electron chi connectivity index (χ4n) is 4.63. The highest BCUT2D eigenvalue weighted by atomic mass is 16.5. The van der Waals surface area contributed by atoms with Crippen LogP contribution in [0.1, 0.15) is 44.2 Å². The van der Waals surface area contributed by atoms with Crippen LogP contribution in [0.2, 0.25) is 0 Å². The number of unbranched alkanes of at least 4 members (excludes halogenated alkanes) is 1. The van der Waals surface area contributed by atoms with E-state index < -0.39 is 11.2 Å². The van der Waals surface area contributed by atoms with Gasteiger partial charge in [-0.15, -0.1) is 0 Å². The molecule has 0 radical (unpaired) electrons. The summed E-state index contributed by atoms with van der Waals surface area (Å²) in [5.41, 5.74) is 1.85. The SMILES string of the molecule is CCCCn1cnc2c1c(=O)n(CC(=O)N1CCc3cc(OC)c(OC)cc3C1)c(=O)n2CCC. The molecule has 0 unspecified atom stereocenters. The summed E-state index contributed by atoms with van der Waals surface area (Å²) in [4.78, 5) is 46.0. The Morgan fingerprint density at radius 3 is 2.37 bits per heavy atom. The maximum absolute atomic E-state index is 13.4. The molecule has 10 nitrogen and oxygen atoms in total. The first kappa shape index (κ1) is 24.6. The molecule has 0 saturated carbocycles. The van der Waals surface area contributed by atoms with E-state index in [4.69, 9.17) is 9.47 Å². The van der Waals surface area contributed by atoms with Gasteiger partial charge in [0.05, 0.1) is 20.5 Å². The van der Waals surface area contributed by atoms with Gasteiger partial charge in [0, 0.05) is 26.2 Å².